The fourth-order valence-corrected chi connectivity index (χ4v) is 3.69. The van der Waals surface area contributed by atoms with Gasteiger partial charge in [0.2, 0.25) is 5.95 Å². The van der Waals surface area contributed by atoms with Gasteiger partial charge in [-0.2, -0.15) is 17.6 Å². The largest absolute Gasteiger partial charge is 0.394 e. The number of nitrogen functional groups attached to an aromatic ring is 1. The fourth-order valence-electron chi connectivity index (χ4n) is 3.29. The molecule has 3 heterocycles. The number of aliphatic hydroxyl groups is 2. The lowest BCUT2D eigenvalue weighted by atomic mass is 10.1. The van der Waals surface area contributed by atoms with E-state index in [0.717, 1.165) is 25.7 Å². The van der Waals surface area contributed by atoms with E-state index in [0.29, 0.717) is 17.9 Å². The molecule has 9 nitrogen and oxygen atoms in total. The van der Waals surface area contributed by atoms with E-state index >= 15 is 0 Å². The van der Waals surface area contributed by atoms with Gasteiger partial charge in [-0.25, -0.2) is 4.98 Å². The molecule has 1 fully saturated rings. The summed E-state index contributed by atoms with van der Waals surface area (Å²) in [4.78, 5) is 23.3. The number of nitrogens with one attached hydrogen (secondary N) is 1. The Bertz CT molecular complexity index is 823. The first-order chi connectivity index (χ1) is 12.5. The van der Waals surface area contributed by atoms with Gasteiger partial charge in [-0.3, -0.25) is 14.3 Å². The maximum Gasteiger partial charge on any atom is 0.280 e. The number of aromatic amines is 1. The fraction of sp³-hybridized carbons (Fsp3) is 0.688. The third-order valence-corrected chi connectivity index (χ3v) is 5.23. The van der Waals surface area contributed by atoms with Gasteiger partial charge in [0.05, 0.1) is 18.0 Å². The zero-order valence-corrected chi connectivity index (χ0v) is 15.5. The van der Waals surface area contributed by atoms with Crippen molar-refractivity contribution in [3.8, 4) is 0 Å². The third kappa shape index (κ3) is 3.46. The van der Waals surface area contributed by atoms with Gasteiger partial charge in [0.25, 0.3) is 5.56 Å². The summed E-state index contributed by atoms with van der Waals surface area (Å²) < 4.78 is 7.47. The normalized spacial score (nSPS) is 26.0. The van der Waals surface area contributed by atoms with E-state index in [-0.39, 0.29) is 18.1 Å². The van der Waals surface area contributed by atoms with Crippen molar-refractivity contribution in [2.24, 2.45) is 0 Å². The van der Waals surface area contributed by atoms with Gasteiger partial charge in [0, 0.05) is 6.42 Å². The smallest absolute Gasteiger partial charge is 0.280 e. The van der Waals surface area contributed by atoms with Gasteiger partial charge in [-0.05, 0) is 6.42 Å². The number of hydrogen-bond acceptors (Lipinski definition) is 8. The van der Waals surface area contributed by atoms with Crippen LogP contribution < -0.4 is 11.3 Å². The van der Waals surface area contributed by atoms with Crippen molar-refractivity contribution in [1.29, 1.82) is 0 Å². The van der Waals surface area contributed by atoms with Crippen LogP contribution in [-0.2, 0) is 11.2 Å². The van der Waals surface area contributed by atoms with Crippen molar-refractivity contribution < 1.29 is 14.9 Å². The quantitative estimate of drug-likeness (QED) is 0.344. The number of imidazole rings is 1. The summed E-state index contributed by atoms with van der Waals surface area (Å²) in [6.45, 7) is 1.80. The number of aliphatic hydroxyl groups excluding tert-OH is 2. The van der Waals surface area contributed by atoms with Crippen LogP contribution in [0.5, 0.6) is 0 Å². The molecule has 5 N–H and O–H groups in total. The Morgan fingerprint density at radius 2 is 2.12 bits per heavy atom. The predicted molar refractivity (Wildman–Crippen MR) is 100 cm³/mol. The van der Waals surface area contributed by atoms with Gasteiger partial charge in [0.1, 0.15) is 11.9 Å². The molecule has 0 bridgehead atoms. The van der Waals surface area contributed by atoms with Crippen LogP contribution >= 0.6 is 12.6 Å². The average molecular weight is 383 g/mol. The molecule has 0 amide bonds. The lowest BCUT2D eigenvalue weighted by Gasteiger charge is -2.19. The lowest BCUT2D eigenvalue weighted by molar-refractivity contribution is -0.0438. The topological polar surface area (TPSA) is 139 Å². The summed E-state index contributed by atoms with van der Waals surface area (Å²) >= 11 is 4.45. The number of nitrogens with two attached hydrogens (primary N) is 1. The molecule has 144 valence electrons. The minimum Gasteiger partial charge on any atom is -0.394 e. The number of thiol groups is 1. The van der Waals surface area contributed by atoms with Crippen LogP contribution in [0, 0.1) is 0 Å². The SMILES string of the molecule is CCCCCCc1nc2c(=O)[nH]c(N)nc2n1[C@@H]1O[C@H](CO)[C@@H](O)[C@H]1S. The highest BCUT2D eigenvalue weighted by Gasteiger charge is 2.44. The van der Waals surface area contributed by atoms with Crippen LogP contribution in [0.3, 0.4) is 0 Å². The first kappa shape index (κ1) is 19.2. The van der Waals surface area contributed by atoms with Gasteiger partial charge >= 0.3 is 0 Å². The Hall–Kier alpha value is -1.62. The molecule has 1 aliphatic rings. The number of aryl methyl sites for hydroxylation is 1. The molecule has 3 rings (SSSR count). The van der Waals surface area contributed by atoms with E-state index in [4.69, 9.17) is 10.5 Å². The molecule has 0 radical (unpaired) electrons. The van der Waals surface area contributed by atoms with Crippen molar-refractivity contribution in [2.45, 2.75) is 62.7 Å². The summed E-state index contributed by atoms with van der Waals surface area (Å²) in [5.41, 5.74) is 5.75. The zero-order chi connectivity index (χ0) is 18.8. The molecule has 2 aromatic rings. The van der Waals surface area contributed by atoms with Crippen molar-refractivity contribution in [3.05, 3.63) is 16.2 Å². The second-order valence-corrected chi connectivity index (χ2v) is 7.16. The molecule has 1 aliphatic heterocycles. The van der Waals surface area contributed by atoms with Gasteiger partial charge < -0.3 is 20.7 Å². The summed E-state index contributed by atoms with van der Waals surface area (Å²) in [5.74, 6) is 0.615. The van der Waals surface area contributed by atoms with E-state index < -0.39 is 29.2 Å². The Balaban J connectivity index is 2.04. The lowest BCUT2D eigenvalue weighted by Crippen LogP contribution is -2.30. The Kier molecular flexibility index (Phi) is 5.86. The number of hydrogen-bond donors (Lipinski definition) is 5. The molecule has 26 heavy (non-hydrogen) atoms. The molecular weight excluding hydrogens is 358 g/mol. The number of nitrogens with zero attached hydrogens (tertiary/aromatic N) is 3. The standard InChI is InChI=1S/C16H25N5O4S/c1-2-3-4-5-6-9-18-10-13(19-16(17)20-14(10)24)21(9)15-12(26)11(23)8(7-22)25-15/h8,11-12,15,22-23,26H,2-7H2,1H3,(H3,17,19,20,24)/t8-,11-,12-,15-/m1/s1. The summed E-state index contributed by atoms with van der Waals surface area (Å²) in [6.07, 6.45) is 2.41. The molecular formula is C16H25N5O4S. The number of unbranched alkanes of at least 4 members (excludes halogenated alkanes) is 3. The molecule has 0 spiro atoms. The number of fused-ring (bicyclic) bond motifs is 1. The zero-order valence-electron chi connectivity index (χ0n) is 14.6. The molecule has 0 aliphatic carbocycles. The summed E-state index contributed by atoms with van der Waals surface area (Å²) in [6, 6.07) is 0. The number of H-pyrrole nitrogens is 1. The highest BCUT2D eigenvalue weighted by atomic mass is 32.1. The Labute approximate surface area is 156 Å². The average Bonchev–Trinajstić information content (AvgIpc) is 3.10. The van der Waals surface area contributed by atoms with E-state index in [1.165, 1.54) is 0 Å². The van der Waals surface area contributed by atoms with Crippen molar-refractivity contribution >= 4 is 29.7 Å². The van der Waals surface area contributed by atoms with E-state index in [9.17, 15) is 15.0 Å². The number of rotatable bonds is 7. The van der Waals surface area contributed by atoms with Crippen LogP contribution in [0.2, 0.25) is 0 Å². The van der Waals surface area contributed by atoms with Gasteiger partial charge in [-0.1, -0.05) is 26.2 Å². The van der Waals surface area contributed by atoms with Crippen LogP contribution in [0.15, 0.2) is 4.79 Å². The minimum absolute atomic E-state index is 0.0193. The monoisotopic (exact) mass is 383 g/mol. The summed E-state index contributed by atoms with van der Waals surface area (Å²) in [5, 5.41) is 19.0. The van der Waals surface area contributed by atoms with Crippen molar-refractivity contribution in [3.63, 3.8) is 0 Å². The molecule has 2 aromatic heterocycles. The number of ether oxygens (including phenoxy) is 1. The van der Waals surface area contributed by atoms with Gasteiger partial charge in [0.15, 0.2) is 17.4 Å². The predicted octanol–water partition coefficient (Wildman–Crippen LogP) is 0.374. The third-order valence-electron chi connectivity index (χ3n) is 4.67. The first-order valence-electron chi connectivity index (χ1n) is 8.87. The van der Waals surface area contributed by atoms with Crippen molar-refractivity contribution in [2.75, 3.05) is 12.3 Å². The number of aromatic nitrogens is 4. The number of anilines is 1. The van der Waals surface area contributed by atoms with E-state index in [1.54, 1.807) is 4.57 Å². The van der Waals surface area contributed by atoms with Gasteiger partial charge in [-0.15, -0.1) is 0 Å². The molecule has 0 saturated carbocycles. The summed E-state index contributed by atoms with van der Waals surface area (Å²) in [7, 11) is 0. The second kappa shape index (κ2) is 7.95. The highest BCUT2D eigenvalue weighted by Crippen LogP contribution is 2.35. The second-order valence-electron chi connectivity index (χ2n) is 6.56. The van der Waals surface area contributed by atoms with Crippen LogP contribution in [-0.4, -0.2) is 53.8 Å². The molecule has 1 saturated heterocycles. The van der Waals surface area contributed by atoms with Crippen LogP contribution in [0.25, 0.3) is 11.2 Å². The van der Waals surface area contributed by atoms with E-state index in [1.807, 2.05) is 0 Å². The maximum absolute atomic E-state index is 12.2. The van der Waals surface area contributed by atoms with Crippen molar-refractivity contribution in [1.82, 2.24) is 19.5 Å². The van der Waals surface area contributed by atoms with E-state index in [2.05, 4.69) is 34.5 Å². The Morgan fingerprint density at radius 1 is 1.35 bits per heavy atom. The first-order valence-corrected chi connectivity index (χ1v) is 9.38. The molecule has 4 atom stereocenters. The highest BCUT2D eigenvalue weighted by molar-refractivity contribution is 7.81. The van der Waals surface area contributed by atoms with Crippen LogP contribution in [0.4, 0.5) is 5.95 Å². The Morgan fingerprint density at radius 3 is 2.77 bits per heavy atom. The molecule has 0 unspecified atom stereocenters. The molecule has 0 aromatic carbocycles. The molecule has 10 heteroatoms. The maximum atomic E-state index is 12.2. The van der Waals surface area contributed by atoms with Crippen LogP contribution in [0.1, 0.15) is 44.7 Å². The minimum atomic E-state index is -0.946.